The number of nitrogens with zero attached hydrogens (tertiary/aromatic N) is 5. The lowest BCUT2D eigenvalue weighted by molar-refractivity contribution is 0.0376. The third-order valence-electron chi connectivity index (χ3n) is 19.6. The van der Waals surface area contributed by atoms with Gasteiger partial charge in [0.05, 0.1) is 84.1 Å². The second kappa shape index (κ2) is 41.2. The molecule has 8 rings (SSSR count). The molecule has 5 aromatic rings. The Bertz CT molecular complexity index is 4060. The van der Waals surface area contributed by atoms with Crippen LogP contribution in [-0.4, -0.2) is 222 Å². The highest BCUT2D eigenvalue weighted by molar-refractivity contribution is 7.99. The first kappa shape index (κ1) is 94.7. The summed E-state index contributed by atoms with van der Waals surface area (Å²) in [7, 11) is -12.8. The van der Waals surface area contributed by atoms with Crippen LogP contribution in [0, 0.1) is 0 Å². The lowest BCUT2D eigenvalue weighted by atomic mass is 9.87. The number of likely N-dealkylation sites (N-methyl/N-ethyl adjacent to an activating group) is 1. The van der Waals surface area contributed by atoms with E-state index in [1.165, 1.54) is 33.1 Å². The summed E-state index contributed by atoms with van der Waals surface area (Å²) in [6, 6.07) is 37.5. The smallest absolute Gasteiger partial charge is 0.243 e. The number of benzene rings is 5. The van der Waals surface area contributed by atoms with E-state index < -0.39 is 67.9 Å². The molecular formula is C83H135N7O12S5. The second-order valence-corrected chi connectivity index (χ2v) is 43.3. The maximum absolute atomic E-state index is 13.2. The van der Waals surface area contributed by atoms with E-state index in [1.54, 1.807) is 44.4 Å². The monoisotopic (exact) mass is 1580 g/mol. The number of aliphatic hydroxyl groups excluding tert-OH is 3. The summed E-state index contributed by atoms with van der Waals surface area (Å²) >= 11 is 0. The SMILES string of the molecule is C=CCN(CC)S(=C)(=O)c1ccc(C(C)(C)C)cc1.C=S(=O)(NCCCN1CCOCC1)c1ccc(C(C)(C)C)cc1.C=S(=O)(c1ccc(C(C)(C)C)cc1)N1CCN(CCOC)CC1.CC(C)(C)c1ccc(S(=O)(=O)N2CCCCC2CO)cc1.CCC(CO)(CO)NS(=O)(=O)c1ccc(C(C)(C)C)cc1. The first-order chi connectivity index (χ1) is 49.6. The highest BCUT2D eigenvalue weighted by atomic mass is 32.2. The van der Waals surface area contributed by atoms with Crippen LogP contribution in [0.4, 0.5) is 0 Å². The average Bonchev–Trinajstić information content (AvgIpc) is 0.856. The fraction of sp³-hybridized carbons (Fsp3) is 0.578. The maximum atomic E-state index is 13.2. The molecule has 107 heavy (non-hydrogen) atoms. The molecule has 0 amide bonds. The van der Waals surface area contributed by atoms with Crippen molar-refractivity contribution in [1.82, 2.24) is 32.2 Å². The van der Waals surface area contributed by atoms with Crippen LogP contribution in [0.15, 0.2) is 158 Å². The summed E-state index contributed by atoms with van der Waals surface area (Å²) in [6.45, 7) is 50.6. The van der Waals surface area contributed by atoms with Crippen molar-refractivity contribution in [3.05, 3.63) is 162 Å². The van der Waals surface area contributed by atoms with Crippen LogP contribution in [0.2, 0.25) is 0 Å². The summed E-state index contributed by atoms with van der Waals surface area (Å²) in [5.74, 6) is 11.9. The molecular weight excluding hydrogens is 1450 g/mol. The number of hydrogen-bond acceptors (Lipinski definition) is 14. The Morgan fingerprint density at radius 1 is 0.533 bits per heavy atom. The Hall–Kier alpha value is -4.68. The highest BCUT2D eigenvalue weighted by Gasteiger charge is 2.35. The van der Waals surface area contributed by atoms with Gasteiger partial charge < -0.3 is 24.8 Å². The molecule has 5 aromatic carbocycles. The molecule has 4 atom stereocenters. The molecule has 3 aliphatic heterocycles. The molecule has 0 radical (unpaired) electrons. The number of sulfonamides is 2. The number of rotatable bonds is 25. The number of piperazine rings is 1. The van der Waals surface area contributed by atoms with Crippen molar-refractivity contribution >= 4 is 66.8 Å². The second-order valence-electron chi connectivity index (χ2n) is 33.1. The number of methoxy groups -OCH3 is 1. The van der Waals surface area contributed by atoms with Crippen molar-refractivity contribution in [3.8, 4) is 0 Å². The predicted molar refractivity (Wildman–Crippen MR) is 450 cm³/mol. The van der Waals surface area contributed by atoms with Crippen molar-refractivity contribution in [2.75, 3.05) is 125 Å². The summed E-state index contributed by atoms with van der Waals surface area (Å²) in [6.07, 6.45) is 5.58. The third-order valence-corrected chi connectivity index (χ3v) is 29.3. The number of hydrogen-bond donors (Lipinski definition) is 5. The zero-order chi connectivity index (χ0) is 80.7. The minimum Gasteiger partial charge on any atom is -0.395 e. The Morgan fingerprint density at radius 3 is 1.32 bits per heavy atom. The molecule has 3 aliphatic rings. The number of ether oxygens (including phenoxy) is 2. The zero-order valence-corrected chi connectivity index (χ0v) is 72.2. The summed E-state index contributed by atoms with van der Waals surface area (Å²) in [4.78, 5) is 7.55. The van der Waals surface area contributed by atoms with Gasteiger partial charge in [0.1, 0.15) is 0 Å². The van der Waals surface area contributed by atoms with E-state index in [0.717, 1.165) is 124 Å². The average molecular weight is 1580 g/mol. The van der Waals surface area contributed by atoms with Gasteiger partial charge in [-0.2, -0.15) is 4.31 Å². The summed E-state index contributed by atoms with van der Waals surface area (Å²) in [5, 5.41) is 28.1. The van der Waals surface area contributed by atoms with E-state index in [0.29, 0.717) is 37.5 Å². The molecule has 3 heterocycles. The molecule has 0 aromatic heterocycles. The number of nitrogens with one attached hydrogen (secondary N) is 2. The number of aliphatic hydroxyl groups is 3. The maximum Gasteiger partial charge on any atom is 0.243 e. The molecule has 5 N–H and O–H groups in total. The Labute approximate surface area is 648 Å². The van der Waals surface area contributed by atoms with Crippen LogP contribution in [0.3, 0.4) is 0 Å². The molecule has 0 aliphatic carbocycles. The van der Waals surface area contributed by atoms with E-state index in [9.17, 15) is 44.8 Å². The first-order valence-electron chi connectivity index (χ1n) is 37.5. The van der Waals surface area contributed by atoms with Gasteiger partial charge in [-0.1, -0.05) is 191 Å². The summed E-state index contributed by atoms with van der Waals surface area (Å²) < 4.78 is 110. The topological polar surface area (TPSA) is 239 Å². The third kappa shape index (κ3) is 28.8. The molecule has 604 valence electrons. The van der Waals surface area contributed by atoms with Crippen LogP contribution < -0.4 is 9.44 Å². The molecule has 19 nitrogen and oxygen atoms in total. The Balaban J connectivity index is 0.000000283. The fourth-order valence-electron chi connectivity index (χ4n) is 11.9. The minimum absolute atomic E-state index is 0.00104. The van der Waals surface area contributed by atoms with Gasteiger partial charge in [0, 0.05) is 99.8 Å². The molecule has 0 saturated carbocycles. The van der Waals surface area contributed by atoms with Gasteiger partial charge in [-0.25, -0.2) is 47.5 Å². The van der Waals surface area contributed by atoms with Crippen LogP contribution in [-0.2, 0) is 85.7 Å². The normalized spacial score (nSPS) is 18.1. The van der Waals surface area contributed by atoms with E-state index >= 15 is 0 Å². The van der Waals surface area contributed by atoms with Gasteiger partial charge in [-0.15, -0.1) is 6.58 Å². The first-order valence-corrected chi connectivity index (χ1v) is 45.6. The number of piperidine rings is 1. The van der Waals surface area contributed by atoms with Crippen LogP contribution in [0.1, 0.15) is 178 Å². The van der Waals surface area contributed by atoms with Gasteiger partial charge in [0.2, 0.25) is 20.0 Å². The van der Waals surface area contributed by atoms with Crippen LogP contribution >= 0.6 is 0 Å². The van der Waals surface area contributed by atoms with Crippen molar-refractivity contribution in [2.24, 2.45) is 0 Å². The van der Waals surface area contributed by atoms with E-state index in [4.69, 9.17) is 9.47 Å². The van der Waals surface area contributed by atoms with Crippen molar-refractivity contribution < 1.29 is 54.3 Å². The Morgan fingerprint density at radius 2 is 0.935 bits per heavy atom. The molecule has 4 unspecified atom stereocenters. The molecule has 0 bridgehead atoms. The molecule has 0 spiro atoms. The molecule has 3 saturated heterocycles. The molecule has 24 heteroatoms. The summed E-state index contributed by atoms with van der Waals surface area (Å²) in [5.41, 5.74) is 4.89. The lowest BCUT2D eigenvalue weighted by Crippen LogP contribution is -2.53. The van der Waals surface area contributed by atoms with Crippen LogP contribution in [0.5, 0.6) is 0 Å². The van der Waals surface area contributed by atoms with E-state index in [1.807, 2.05) is 97.0 Å². The highest BCUT2D eigenvalue weighted by Crippen LogP contribution is 2.31. The van der Waals surface area contributed by atoms with Gasteiger partial charge in [-0.05, 0) is 165 Å². The fourth-order valence-corrected chi connectivity index (χ4v) is 19.5. The van der Waals surface area contributed by atoms with Gasteiger partial charge in [0.25, 0.3) is 0 Å². The Kier molecular flexibility index (Phi) is 36.5. The van der Waals surface area contributed by atoms with Gasteiger partial charge in [-0.3, -0.25) is 9.80 Å². The zero-order valence-electron chi connectivity index (χ0n) is 68.1. The standard InChI is InChI=1S/2C18H30N2O2S.C16H25NO3S.C16H25NOS.C15H25NO4S/c1-18(2,3)16-6-8-17(9-7-16)23(5,21)20-12-10-19(11-13-20)14-15-22-4;1-18(2,3)16-6-8-17(9-7-16)23(4,21)19-10-5-11-20-12-14-22-15-13-20;1-16(2,3)13-7-9-15(10-8-13)21(19,20)17-11-5-4-6-14(17)12-18;1-7-13-17(8-2)19(6,18)15-11-9-14(10-12-15)16(3,4)5;1-5-15(10-17,11-18)16-21(19,20)13-8-6-12(7-9-13)14(2,3)4/h6-9H,5,10-15H2,1-4H3;6-9H,4-5,10-15H2,1-3H3,(H,19,21);7-10,14,18H,4-6,11-12H2,1-3H3;7,9-12H,1,6,8,13H2,2-5H3;6-9,16-18H,5,10-11H2,1-4H3. The minimum atomic E-state index is -3.79. The predicted octanol–water partition coefficient (Wildman–Crippen LogP) is 11.9. The number of morpholine rings is 1. The van der Waals surface area contributed by atoms with Crippen LogP contribution in [0.25, 0.3) is 0 Å². The van der Waals surface area contributed by atoms with Crippen molar-refractivity contribution in [1.29, 1.82) is 0 Å². The van der Waals surface area contributed by atoms with E-state index in [2.05, 4.69) is 151 Å². The quantitative estimate of drug-likeness (QED) is 0.0208. The van der Waals surface area contributed by atoms with Crippen molar-refractivity contribution in [2.45, 2.75) is 213 Å². The largest absolute Gasteiger partial charge is 0.395 e. The molecule has 3 fully saturated rings. The van der Waals surface area contributed by atoms with Gasteiger partial charge in [0.15, 0.2) is 0 Å². The van der Waals surface area contributed by atoms with E-state index in [-0.39, 0.29) is 44.6 Å². The van der Waals surface area contributed by atoms with Crippen molar-refractivity contribution in [3.63, 3.8) is 0 Å². The lowest BCUT2D eigenvalue weighted by Gasteiger charge is -2.36. The van der Waals surface area contributed by atoms with Gasteiger partial charge >= 0.3 is 0 Å².